The fourth-order valence-corrected chi connectivity index (χ4v) is 7.42. The molecule has 0 saturated carbocycles. The molecule has 0 saturated heterocycles. The van der Waals surface area contributed by atoms with Gasteiger partial charge >= 0.3 is 0 Å². The van der Waals surface area contributed by atoms with Crippen molar-refractivity contribution in [2.75, 3.05) is 4.90 Å². The Morgan fingerprint density at radius 2 is 0.918 bits per heavy atom. The van der Waals surface area contributed by atoms with Gasteiger partial charge in [0.25, 0.3) is 0 Å². The summed E-state index contributed by atoms with van der Waals surface area (Å²) in [5, 5.41) is 6.89. The first-order chi connectivity index (χ1) is 24.3. The van der Waals surface area contributed by atoms with Gasteiger partial charge in [-0.2, -0.15) is 0 Å². The molecular formula is C46H29NO2. The first-order valence-electron chi connectivity index (χ1n) is 16.6. The van der Waals surface area contributed by atoms with E-state index >= 15 is 0 Å². The fourth-order valence-electron chi connectivity index (χ4n) is 7.42. The first kappa shape index (κ1) is 27.5. The monoisotopic (exact) mass is 627 g/mol. The third-order valence-electron chi connectivity index (χ3n) is 9.68. The van der Waals surface area contributed by atoms with Crippen molar-refractivity contribution in [1.29, 1.82) is 0 Å². The van der Waals surface area contributed by atoms with E-state index in [1.54, 1.807) is 0 Å². The highest BCUT2D eigenvalue weighted by Gasteiger charge is 2.22. The number of fused-ring (bicyclic) bond motifs is 7. The van der Waals surface area contributed by atoms with E-state index in [0.717, 1.165) is 72.1 Å². The Labute approximate surface area is 282 Å². The molecule has 230 valence electrons. The summed E-state index contributed by atoms with van der Waals surface area (Å²) in [5.41, 5.74) is 11.4. The topological polar surface area (TPSA) is 29.5 Å². The van der Waals surface area contributed by atoms with Crippen molar-refractivity contribution in [3.05, 3.63) is 176 Å². The van der Waals surface area contributed by atoms with Gasteiger partial charge in [0.2, 0.25) is 0 Å². The number of furan rings is 2. The summed E-state index contributed by atoms with van der Waals surface area (Å²) in [6.45, 7) is 0. The highest BCUT2D eigenvalue weighted by atomic mass is 16.3. The maximum absolute atomic E-state index is 6.39. The second-order valence-corrected chi connectivity index (χ2v) is 12.5. The van der Waals surface area contributed by atoms with E-state index in [1.807, 2.05) is 24.3 Å². The van der Waals surface area contributed by atoms with Crippen LogP contribution in [0.5, 0.6) is 0 Å². The molecule has 49 heavy (non-hydrogen) atoms. The van der Waals surface area contributed by atoms with E-state index in [2.05, 4.69) is 157 Å². The first-order valence-corrected chi connectivity index (χ1v) is 16.6. The van der Waals surface area contributed by atoms with Crippen LogP contribution in [0.3, 0.4) is 0 Å². The second-order valence-electron chi connectivity index (χ2n) is 12.5. The van der Waals surface area contributed by atoms with E-state index in [4.69, 9.17) is 8.83 Å². The molecule has 0 amide bonds. The van der Waals surface area contributed by atoms with Crippen LogP contribution in [-0.4, -0.2) is 0 Å². The summed E-state index contributed by atoms with van der Waals surface area (Å²) in [6, 6.07) is 62.1. The fraction of sp³-hybridized carbons (Fsp3) is 0. The lowest BCUT2D eigenvalue weighted by atomic mass is 9.97. The molecule has 0 aliphatic carbocycles. The SMILES string of the molecule is c1ccc(N(c2ccc(-c3cccc4ccccc34)cc2)c2cccc3oc4ccccc4c23)c(-c2ccc3oc4ccccc4c3c2)c1. The molecule has 10 aromatic rings. The van der Waals surface area contributed by atoms with Gasteiger partial charge in [0, 0.05) is 27.4 Å². The molecule has 3 heteroatoms. The number of anilines is 3. The van der Waals surface area contributed by atoms with Gasteiger partial charge in [-0.05, 0) is 82.1 Å². The Balaban J connectivity index is 1.20. The number of nitrogens with zero attached hydrogens (tertiary/aromatic N) is 1. The van der Waals surface area contributed by atoms with Crippen LogP contribution >= 0.6 is 0 Å². The van der Waals surface area contributed by atoms with E-state index in [0.29, 0.717) is 0 Å². The molecular weight excluding hydrogens is 599 g/mol. The lowest BCUT2D eigenvalue weighted by Crippen LogP contribution is -2.11. The predicted octanol–water partition coefficient (Wildman–Crippen LogP) is 13.4. The Kier molecular flexibility index (Phi) is 6.18. The second kappa shape index (κ2) is 11.0. The number of hydrogen-bond donors (Lipinski definition) is 0. The van der Waals surface area contributed by atoms with Gasteiger partial charge in [-0.25, -0.2) is 0 Å². The largest absolute Gasteiger partial charge is 0.456 e. The maximum atomic E-state index is 6.39. The molecule has 0 N–H and O–H groups in total. The van der Waals surface area contributed by atoms with Crippen LogP contribution in [0.1, 0.15) is 0 Å². The molecule has 10 rings (SSSR count). The molecule has 2 aromatic heterocycles. The quantitative estimate of drug-likeness (QED) is 0.190. The lowest BCUT2D eigenvalue weighted by Gasteiger charge is -2.28. The highest BCUT2D eigenvalue weighted by molar-refractivity contribution is 6.14. The van der Waals surface area contributed by atoms with Crippen LogP contribution < -0.4 is 4.90 Å². The normalized spacial score (nSPS) is 11.7. The summed E-state index contributed by atoms with van der Waals surface area (Å²) in [4.78, 5) is 2.38. The zero-order valence-corrected chi connectivity index (χ0v) is 26.5. The number of para-hydroxylation sites is 3. The minimum Gasteiger partial charge on any atom is -0.456 e. The Bertz CT molecular complexity index is 2830. The van der Waals surface area contributed by atoms with Gasteiger partial charge in [0.1, 0.15) is 22.3 Å². The number of rotatable bonds is 5. The molecule has 8 aromatic carbocycles. The van der Waals surface area contributed by atoms with Crippen molar-refractivity contribution in [2.45, 2.75) is 0 Å². The Morgan fingerprint density at radius 1 is 0.347 bits per heavy atom. The van der Waals surface area contributed by atoms with Gasteiger partial charge in [0.15, 0.2) is 0 Å². The van der Waals surface area contributed by atoms with Crippen molar-refractivity contribution in [1.82, 2.24) is 0 Å². The summed E-state index contributed by atoms with van der Waals surface area (Å²) < 4.78 is 12.6. The Hall–Kier alpha value is -6.58. The molecule has 0 unspecified atom stereocenters. The van der Waals surface area contributed by atoms with Crippen LogP contribution in [0.15, 0.2) is 185 Å². The minimum absolute atomic E-state index is 0.861. The number of hydrogen-bond acceptors (Lipinski definition) is 3. The van der Waals surface area contributed by atoms with Gasteiger partial charge in [-0.1, -0.05) is 121 Å². The molecule has 0 aliphatic rings. The van der Waals surface area contributed by atoms with E-state index in [1.165, 1.54) is 21.9 Å². The van der Waals surface area contributed by atoms with Crippen LogP contribution in [0.2, 0.25) is 0 Å². The zero-order chi connectivity index (χ0) is 32.3. The van der Waals surface area contributed by atoms with Crippen LogP contribution in [-0.2, 0) is 0 Å². The van der Waals surface area contributed by atoms with Crippen molar-refractivity contribution in [3.8, 4) is 22.3 Å². The van der Waals surface area contributed by atoms with E-state index in [9.17, 15) is 0 Å². The van der Waals surface area contributed by atoms with Gasteiger partial charge in [0.05, 0.1) is 16.8 Å². The highest BCUT2D eigenvalue weighted by Crippen LogP contribution is 2.46. The van der Waals surface area contributed by atoms with E-state index in [-0.39, 0.29) is 0 Å². The molecule has 0 bridgehead atoms. The molecule has 0 aliphatic heterocycles. The third kappa shape index (κ3) is 4.44. The van der Waals surface area contributed by atoms with E-state index < -0.39 is 0 Å². The summed E-state index contributed by atoms with van der Waals surface area (Å²) >= 11 is 0. The van der Waals surface area contributed by atoms with Crippen molar-refractivity contribution >= 4 is 71.7 Å². The molecule has 3 nitrogen and oxygen atoms in total. The smallest absolute Gasteiger partial charge is 0.137 e. The van der Waals surface area contributed by atoms with Gasteiger partial charge in [-0.15, -0.1) is 0 Å². The molecule has 0 spiro atoms. The van der Waals surface area contributed by atoms with Crippen LogP contribution in [0.25, 0.3) is 76.9 Å². The summed E-state index contributed by atoms with van der Waals surface area (Å²) in [7, 11) is 0. The molecule has 0 fully saturated rings. The van der Waals surface area contributed by atoms with Crippen molar-refractivity contribution in [2.24, 2.45) is 0 Å². The van der Waals surface area contributed by atoms with Crippen LogP contribution in [0.4, 0.5) is 17.1 Å². The predicted molar refractivity (Wildman–Crippen MR) is 204 cm³/mol. The minimum atomic E-state index is 0.861. The Morgan fingerprint density at radius 3 is 1.80 bits per heavy atom. The molecule has 0 atom stereocenters. The molecule has 0 radical (unpaired) electrons. The molecule has 2 heterocycles. The number of benzene rings is 8. The zero-order valence-electron chi connectivity index (χ0n) is 26.5. The average molecular weight is 628 g/mol. The van der Waals surface area contributed by atoms with Gasteiger partial charge in [-0.3, -0.25) is 0 Å². The van der Waals surface area contributed by atoms with Gasteiger partial charge < -0.3 is 13.7 Å². The summed E-state index contributed by atoms with van der Waals surface area (Å²) in [6.07, 6.45) is 0. The average Bonchev–Trinajstić information content (AvgIpc) is 3.74. The summed E-state index contributed by atoms with van der Waals surface area (Å²) in [5.74, 6) is 0. The third-order valence-corrected chi connectivity index (χ3v) is 9.68. The van der Waals surface area contributed by atoms with Crippen molar-refractivity contribution < 1.29 is 8.83 Å². The standard InChI is InChI=1S/C46H29NO2/c1-2-13-34-30(11-1)12-9-17-35(34)31-23-26-33(27-24-31)47(41-19-10-22-45-46(41)38-16-5-8-21-43(38)49-45)40-18-6-3-14-36(40)32-25-28-44-39(29-32)37-15-4-7-20-42(37)48-44/h1-29H. The van der Waals surface area contributed by atoms with Crippen LogP contribution in [0, 0.1) is 0 Å². The maximum Gasteiger partial charge on any atom is 0.137 e. The van der Waals surface area contributed by atoms with Crippen molar-refractivity contribution in [3.63, 3.8) is 0 Å². The lowest BCUT2D eigenvalue weighted by molar-refractivity contribution is 0.668.